The lowest BCUT2D eigenvalue weighted by Gasteiger charge is -2.40. The van der Waals surface area contributed by atoms with Gasteiger partial charge in [0.25, 0.3) is 0 Å². The molecule has 5 heteroatoms. The molecule has 0 N–H and O–H groups in total. The molecule has 2 fully saturated rings. The first kappa shape index (κ1) is 19.0. The first-order valence-corrected chi connectivity index (χ1v) is 10.3. The summed E-state index contributed by atoms with van der Waals surface area (Å²) < 4.78 is 25.1. The predicted octanol–water partition coefficient (Wildman–Crippen LogP) is 4.63. The first-order valence-electron chi connectivity index (χ1n) is 9.40. The standard InChI is InChI=1S/C22H26O4S/c1-15-18(23-14-16-10-6-4-7-11-16)19-20(26-22(2,3)25-19)21(24-15)27-17-12-8-5-9-13-17/h4-13,15,18-21H,14H2,1-3H3/t15-,18-,19+,20+,21-/m0/s1. The number of hydrogen-bond acceptors (Lipinski definition) is 5. The summed E-state index contributed by atoms with van der Waals surface area (Å²) >= 11 is 1.68. The van der Waals surface area contributed by atoms with Crippen molar-refractivity contribution in [2.75, 3.05) is 0 Å². The highest BCUT2D eigenvalue weighted by molar-refractivity contribution is 7.99. The van der Waals surface area contributed by atoms with E-state index in [1.54, 1.807) is 11.8 Å². The van der Waals surface area contributed by atoms with Gasteiger partial charge in [0.15, 0.2) is 5.79 Å². The van der Waals surface area contributed by atoms with Gasteiger partial charge in [-0.25, -0.2) is 0 Å². The van der Waals surface area contributed by atoms with Crippen molar-refractivity contribution >= 4 is 11.8 Å². The van der Waals surface area contributed by atoms with E-state index in [0.29, 0.717) is 6.61 Å². The van der Waals surface area contributed by atoms with Crippen molar-refractivity contribution in [1.29, 1.82) is 0 Å². The largest absolute Gasteiger partial charge is 0.368 e. The van der Waals surface area contributed by atoms with Crippen molar-refractivity contribution < 1.29 is 18.9 Å². The normalized spacial score (nSPS) is 32.2. The molecule has 27 heavy (non-hydrogen) atoms. The second kappa shape index (κ2) is 7.94. The van der Waals surface area contributed by atoms with Crippen LogP contribution >= 0.6 is 11.8 Å². The lowest BCUT2D eigenvalue weighted by Crippen LogP contribution is -2.55. The monoisotopic (exact) mass is 386 g/mol. The SMILES string of the molecule is C[C@@H]1O[C@@H](Sc2ccccc2)[C@@H]2OC(C)(C)O[C@@H]2[C@H]1OCc1ccccc1. The van der Waals surface area contributed by atoms with Crippen LogP contribution in [0.2, 0.25) is 0 Å². The van der Waals surface area contributed by atoms with Crippen molar-refractivity contribution in [3.8, 4) is 0 Å². The van der Waals surface area contributed by atoms with Gasteiger partial charge in [0.1, 0.15) is 23.7 Å². The molecule has 0 spiro atoms. The van der Waals surface area contributed by atoms with Crippen LogP contribution in [0.4, 0.5) is 0 Å². The summed E-state index contributed by atoms with van der Waals surface area (Å²) in [5, 5.41) is 0. The Bertz CT molecular complexity index is 736. The number of ether oxygens (including phenoxy) is 4. The minimum Gasteiger partial charge on any atom is -0.368 e. The third-order valence-electron chi connectivity index (χ3n) is 4.85. The quantitative estimate of drug-likeness (QED) is 0.749. The molecule has 2 aromatic carbocycles. The van der Waals surface area contributed by atoms with E-state index in [0.717, 1.165) is 10.5 Å². The van der Waals surface area contributed by atoms with E-state index in [2.05, 4.69) is 31.2 Å². The van der Waals surface area contributed by atoms with Gasteiger partial charge < -0.3 is 18.9 Å². The smallest absolute Gasteiger partial charge is 0.164 e. The van der Waals surface area contributed by atoms with Gasteiger partial charge in [-0.05, 0) is 38.5 Å². The highest BCUT2D eigenvalue weighted by Gasteiger charge is 2.55. The summed E-state index contributed by atoms with van der Waals surface area (Å²) in [6, 6.07) is 20.4. The van der Waals surface area contributed by atoms with Gasteiger partial charge in [-0.2, -0.15) is 0 Å². The van der Waals surface area contributed by atoms with Crippen molar-refractivity contribution in [3.05, 3.63) is 66.2 Å². The van der Waals surface area contributed by atoms with E-state index in [1.807, 2.05) is 50.2 Å². The van der Waals surface area contributed by atoms with E-state index in [1.165, 1.54) is 0 Å². The highest BCUT2D eigenvalue weighted by atomic mass is 32.2. The second-order valence-electron chi connectivity index (χ2n) is 7.47. The van der Waals surface area contributed by atoms with Crippen molar-refractivity contribution in [3.63, 3.8) is 0 Å². The van der Waals surface area contributed by atoms with Crippen LogP contribution in [0.3, 0.4) is 0 Å². The molecule has 4 rings (SSSR count). The Morgan fingerprint density at radius 3 is 2.26 bits per heavy atom. The zero-order chi connectivity index (χ0) is 18.9. The van der Waals surface area contributed by atoms with Gasteiger partial charge in [0.05, 0.1) is 12.7 Å². The predicted molar refractivity (Wildman–Crippen MR) is 105 cm³/mol. The Morgan fingerprint density at radius 1 is 0.926 bits per heavy atom. The van der Waals surface area contributed by atoms with Gasteiger partial charge in [-0.15, -0.1) is 0 Å². The molecule has 0 amide bonds. The average Bonchev–Trinajstić information content (AvgIpc) is 2.98. The molecule has 2 aliphatic heterocycles. The molecule has 0 bridgehead atoms. The van der Waals surface area contributed by atoms with E-state index in [9.17, 15) is 0 Å². The van der Waals surface area contributed by atoms with Crippen LogP contribution in [0.1, 0.15) is 26.3 Å². The zero-order valence-corrected chi connectivity index (χ0v) is 16.7. The van der Waals surface area contributed by atoms with Crippen LogP contribution in [0.25, 0.3) is 0 Å². The molecular formula is C22H26O4S. The summed E-state index contributed by atoms with van der Waals surface area (Å²) in [5.74, 6) is -0.646. The molecule has 2 heterocycles. The number of rotatable bonds is 5. The Hall–Kier alpha value is -1.37. The van der Waals surface area contributed by atoms with Crippen LogP contribution in [0, 0.1) is 0 Å². The third-order valence-corrected chi connectivity index (χ3v) is 6.00. The number of benzene rings is 2. The number of thioether (sulfide) groups is 1. The molecule has 144 valence electrons. The van der Waals surface area contributed by atoms with Crippen molar-refractivity contribution in [2.24, 2.45) is 0 Å². The van der Waals surface area contributed by atoms with E-state index in [-0.39, 0.29) is 29.9 Å². The highest BCUT2D eigenvalue weighted by Crippen LogP contribution is 2.43. The molecule has 2 aliphatic rings. The molecule has 2 aromatic rings. The molecule has 0 aliphatic carbocycles. The van der Waals surface area contributed by atoms with Gasteiger partial charge in [0.2, 0.25) is 0 Å². The fraction of sp³-hybridized carbons (Fsp3) is 0.455. The molecular weight excluding hydrogens is 360 g/mol. The lowest BCUT2D eigenvalue weighted by atomic mass is 10.0. The van der Waals surface area contributed by atoms with E-state index in [4.69, 9.17) is 18.9 Å². The van der Waals surface area contributed by atoms with Gasteiger partial charge in [0, 0.05) is 4.90 Å². The fourth-order valence-electron chi connectivity index (χ4n) is 3.64. The molecule has 2 saturated heterocycles. The van der Waals surface area contributed by atoms with Crippen LogP contribution < -0.4 is 0 Å². The van der Waals surface area contributed by atoms with Crippen molar-refractivity contribution in [1.82, 2.24) is 0 Å². The Labute approximate surface area is 165 Å². The molecule has 0 radical (unpaired) electrons. The van der Waals surface area contributed by atoms with E-state index >= 15 is 0 Å². The Kier molecular flexibility index (Phi) is 5.58. The zero-order valence-electron chi connectivity index (χ0n) is 15.9. The van der Waals surface area contributed by atoms with Gasteiger partial charge in [-0.1, -0.05) is 60.3 Å². The maximum atomic E-state index is 6.33. The van der Waals surface area contributed by atoms with Gasteiger partial charge in [-0.3, -0.25) is 0 Å². The minimum absolute atomic E-state index is 0.0892. The van der Waals surface area contributed by atoms with Crippen LogP contribution in [0.5, 0.6) is 0 Å². The summed E-state index contributed by atoms with van der Waals surface area (Å²) in [5.41, 5.74) is 1.01. The third kappa shape index (κ3) is 4.39. The van der Waals surface area contributed by atoms with Crippen LogP contribution in [-0.4, -0.2) is 35.6 Å². The lowest BCUT2D eigenvalue weighted by molar-refractivity contribution is -0.183. The summed E-state index contributed by atoms with van der Waals surface area (Å²) in [6.45, 7) is 6.49. The molecule has 0 aromatic heterocycles. The molecule has 5 atom stereocenters. The maximum Gasteiger partial charge on any atom is 0.164 e. The average molecular weight is 387 g/mol. The minimum atomic E-state index is -0.646. The number of hydrogen-bond donors (Lipinski definition) is 0. The first-order chi connectivity index (χ1) is 13.0. The van der Waals surface area contributed by atoms with Crippen LogP contribution in [0.15, 0.2) is 65.6 Å². The fourth-order valence-corrected chi connectivity index (χ4v) is 4.80. The Balaban J connectivity index is 1.50. The van der Waals surface area contributed by atoms with E-state index < -0.39 is 5.79 Å². The molecule has 4 nitrogen and oxygen atoms in total. The summed E-state index contributed by atoms with van der Waals surface area (Å²) in [7, 11) is 0. The van der Waals surface area contributed by atoms with Crippen molar-refractivity contribution in [2.45, 2.75) is 67.9 Å². The summed E-state index contributed by atoms with van der Waals surface area (Å²) in [4.78, 5) is 1.16. The molecule has 0 saturated carbocycles. The Morgan fingerprint density at radius 2 is 1.56 bits per heavy atom. The topological polar surface area (TPSA) is 36.9 Å². The van der Waals surface area contributed by atoms with Gasteiger partial charge >= 0.3 is 0 Å². The number of fused-ring (bicyclic) bond motifs is 1. The maximum absolute atomic E-state index is 6.33. The molecule has 0 unspecified atom stereocenters. The van der Waals surface area contributed by atoms with Crippen LogP contribution in [-0.2, 0) is 25.6 Å². The second-order valence-corrected chi connectivity index (χ2v) is 8.64. The summed E-state index contributed by atoms with van der Waals surface area (Å²) in [6.07, 6.45) is -0.603.